The molecule has 0 aliphatic rings. The molecule has 0 aliphatic heterocycles. The Morgan fingerprint density at radius 2 is 1.57 bits per heavy atom. The number of benzene rings is 2. The Labute approximate surface area is 148 Å². The van der Waals surface area contributed by atoms with Gasteiger partial charge in [-0.25, -0.2) is 0 Å². The maximum atomic E-state index is 12.0. The zero-order valence-corrected chi connectivity index (χ0v) is 14.9. The van der Waals surface area contributed by atoms with E-state index in [2.05, 4.69) is 10.9 Å². The van der Waals surface area contributed by atoms with Crippen LogP contribution in [0, 0.1) is 7.14 Å². The van der Waals surface area contributed by atoms with E-state index in [1.54, 1.807) is 42.5 Å². The van der Waals surface area contributed by atoms with Crippen LogP contribution in [0.3, 0.4) is 0 Å². The normalized spacial score (nSPS) is 10.0. The van der Waals surface area contributed by atoms with Crippen molar-refractivity contribution in [3.05, 3.63) is 60.7 Å². The number of carbonyl (C=O) groups excluding carboxylic acids is 2. The Morgan fingerprint density at radius 1 is 0.952 bits per heavy atom. The molecule has 21 heavy (non-hydrogen) atoms. The molecule has 0 unspecified atom stereocenters. The summed E-state index contributed by atoms with van der Waals surface area (Å²) in [4.78, 5) is 23.8. The van der Waals surface area contributed by atoms with Gasteiger partial charge in [-0.15, -0.1) is 0 Å². The van der Waals surface area contributed by atoms with Gasteiger partial charge in [0.25, 0.3) is 11.8 Å². The van der Waals surface area contributed by atoms with E-state index in [0.717, 1.165) is 3.57 Å². The van der Waals surface area contributed by atoms with Crippen LogP contribution in [-0.2, 0) is 0 Å². The van der Waals surface area contributed by atoms with Crippen LogP contribution in [-0.4, -0.2) is 16.9 Å². The highest BCUT2D eigenvalue weighted by Crippen LogP contribution is 2.26. The topological polar surface area (TPSA) is 78.4 Å². The lowest BCUT2D eigenvalue weighted by Gasteiger charge is -2.10. The van der Waals surface area contributed by atoms with Gasteiger partial charge in [0.1, 0.15) is 5.75 Å². The van der Waals surface area contributed by atoms with Crippen molar-refractivity contribution in [3.8, 4) is 5.75 Å². The minimum absolute atomic E-state index is 0.109. The molecule has 2 amide bonds. The molecule has 2 rings (SSSR count). The molecule has 2 aromatic rings. The van der Waals surface area contributed by atoms with Crippen molar-refractivity contribution in [2.75, 3.05) is 0 Å². The maximum absolute atomic E-state index is 12.0. The number of aromatic hydroxyl groups is 1. The molecule has 0 saturated heterocycles. The van der Waals surface area contributed by atoms with E-state index in [1.807, 2.05) is 45.2 Å². The second-order valence-electron chi connectivity index (χ2n) is 4.06. The van der Waals surface area contributed by atoms with Gasteiger partial charge in [0.05, 0.1) is 9.13 Å². The van der Waals surface area contributed by atoms with E-state index < -0.39 is 11.8 Å². The third kappa shape index (κ3) is 4.06. The molecule has 0 saturated carbocycles. The molecule has 2 aromatic carbocycles. The van der Waals surface area contributed by atoms with Gasteiger partial charge in [-0.3, -0.25) is 20.4 Å². The van der Waals surface area contributed by atoms with E-state index in [-0.39, 0.29) is 11.3 Å². The Balaban J connectivity index is 2.08. The van der Waals surface area contributed by atoms with Crippen molar-refractivity contribution in [1.29, 1.82) is 0 Å². The second kappa shape index (κ2) is 7.07. The van der Waals surface area contributed by atoms with Gasteiger partial charge in [-0.2, -0.15) is 0 Å². The summed E-state index contributed by atoms with van der Waals surface area (Å²) in [6.07, 6.45) is 0. The number of hydrogen-bond acceptors (Lipinski definition) is 3. The first-order valence-electron chi connectivity index (χ1n) is 5.83. The van der Waals surface area contributed by atoms with Crippen LogP contribution in [0.4, 0.5) is 0 Å². The van der Waals surface area contributed by atoms with Crippen LogP contribution in [0.1, 0.15) is 20.7 Å². The van der Waals surface area contributed by atoms with E-state index in [0.29, 0.717) is 9.13 Å². The standard InChI is InChI=1S/C14H10I2N2O3/c15-9-6-10(12(19)11(16)7-9)14(21)18-17-13(20)8-4-2-1-3-5-8/h1-7,19H,(H,17,20)(H,18,21). The van der Waals surface area contributed by atoms with Crippen molar-refractivity contribution in [2.24, 2.45) is 0 Å². The SMILES string of the molecule is O=C(NNC(=O)c1cc(I)cc(I)c1O)c1ccccc1. The minimum Gasteiger partial charge on any atom is -0.506 e. The number of hydrogen-bond donors (Lipinski definition) is 3. The monoisotopic (exact) mass is 508 g/mol. The summed E-state index contributed by atoms with van der Waals surface area (Å²) in [5.41, 5.74) is 5.14. The molecule has 0 aliphatic carbocycles. The Bertz CT molecular complexity index is 690. The highest BCUT2D eigenvalue weighted by molar-refractivity contribution is 14.1. The van der Waals surface area contributed by atoms with E-state index in [9.17, 15) is 14.7 Å². The summed E-state index contributed by atoms with van der Waals surface area (Å²) in [6, 6.07) is 11.8. The van der Waals surface area contributed by atoms with E-state index in [4.69, 9.17) is 0 Å². The highest BCUT2D eigenvalue weighted by Gasteiger charge is 2.15. The van der Waals surface area contributed by atoms with E-state index in [1.165, 1.54) is 0 Å². The van der Waals surface area contributed by atoms with Gasteiger partial charge in [-0.05, 0) is 69.4 Å². The minimum atomic E-state index is -0.576. The fourth-order valence-electron chi connectivity index (χ4n) is 1.58. The lowest BCUT2D eigenvalue weighted by molar-refractivity contribution is 0.0845. The second-order valence-corrected chi connectivity index (χ2v) is 6.47. The number of phenols is 1. The molecule has 0 aromatic heterocycles. The summed E-state index contributed by atoms with van der Waals surface area (Å²) in [5, 5.41) is 9.89. The van der Waals surface area contributed by atoms with E-state index >= 15 is 0 Å². The van der Waals surface area contributed by atoms with Crippen molar-refractivity contribution in [2.45, 2.75) is 0 Å². The quantitative estimate of drug-likeness (QED) is 0.432. The van der Waals surface area contributed by atoms with Crippen molar-refractivity contribution < 1.29 is 14.7 Å². The summed E-state index contributed by atoms with van der Waals surface area (Å²) >= 11 is 3.99. The predicted molar refractivity (Wildman–Crippen MR) is 94.9 cm³/mol. The number of hydrazine groups is 1. The van der Waals surface area contributed by atoms with Crippen LogP contribution in [0.5, 0.6) is 5.75 Å². The number of amides is 2. The molecule has 7 heteroatoms. The number of halogens is 2. The van der Waals surface area contributed by atoms with Crippen molar-refractivity contribution in [1.82, 2.24) is 10.9 Å². The third-order valence-electron chi connectivity index (χ3n) is 2.60. The Hall–Kier alpha value is -1.36. The fourth-order valence-corrected chi connectivity index (χ4v) is 3.43. The van der Waals surface area contributed by atoms with Crippen molar-refractivity contribution >= 4 is 57.0 Å². The first-order valence-corrected chi connectivity index (χ1v) is 7.98. The van der Waals surface area contributed by atoms with Gasteiger partial charge >= 0.3 is 0 Å². The summed E-state index contributed by atoms with van der Waals surface area (Å²) in [7, 11) is 0. The summed E-state index contributed by atoms with van der Waals surface area (Å²) < 4.78 is 1.38. The number of nitrogens with one attached hydrogen (secondary N) is 2. The average Bonchev–Trinajstić information content (AvgIpc) is 2.49. The van der Waals surface area contributed by atoms with Gasteiger partial charge in [-0.1, -0.05) is 18.2 Å². The van der Waals surface area contributed by atoms with Crippen molar-refractivity contribution in [3.63, 3.8) is 0 Å². The summed E-state index contributed by atoms with van der Waals surface area (Å²) in [5.74, 6) is -1.11. The van der Waals surface area contributed by atoms with Crippen LogP contribution in [0.25, 0.3) is 0 Å². The van der Waals surface area contributed by atoms with Crippen LogP contribution in [0.15, 0.2) is 42.5 Å². The molecule has 0 fully saturated rings. The Kier molecular flexibility index (Phi) is 5.39. The zero-order valence-electron chi connectivity index (χ0n) is 10.6. The fraction of sp³-hybridized carbons (Fsp3) is 0. The van der Waals surface area contributed by atoms with Gasteiger partial charge in [0.2, 0.25) is 0 Å². The maximum Gasteiger partial charge on any atom is 0.273 e. The average molecular weight is 508 g/mol. The molecule has 0 heterocycles. The molecule has 5 nitrogen and oxygen atoms in total. The predicted octanol–water partition coefficient (Wildman–Crippen LogP) is 2.68. The third-order valence-corrected chi connectivity index (χ3v) is 4.04. The molecule has 3 N–H and O–H groups in total. The van der Waals surface area contributed by atoms with Crippen LogP contribution in [0.2, 0.25) is 0 Å². The summed E-state index contributed by atoms with van der Waals surface area (Å²) in [6.45, 7) is 0. The molecule has 0 bridgehead atoms. The Morgan fingerprint density at radius 3 is 2.24 bits per heavy atom. The molecular weight excluding hydrogens is 498 g/mol. The van der Waals surface area contributed by atoms with Crippen LogP contribution >= 0.6 is 45.2 Å². The number of carbonyl (C=O) groups is 2. The highest BCUT2D eigenvalue weighted by atomic mass is 127. The molecule has 0 spiro atoms. The van der Waals surface area contributed by atoms with Gasteiger partial charge < -0.3 is 5.11 Å². The lowest BCUT2D eigenvalue weighted by atomic mass is 10.2. The molecular formula is C14H10I2N2O3. The molecule has 0 radical (unpaired) electrons. The van der Waals surface area contributed by atoms with Gasteiger partial charge in [0.15, 0.2) is 0 Å². The zero-order chi connectivity index (χ0) is 15.4. The first-order chi connectivity index (χ1) is 9.99. The first kappa shape index (κ1) is 16.0. The smallest absolute Gasteiger partial charge is 0.273 e. The number of phenolic OH excluding ortho intramolecular Hbond substituents is 1. The van der Waals surface area contributed by atoms with Crippen LogP contribution < -0.4 is 10.9 Å². The largest absolute Gasteiger partial charge is 0.506 e. The number of rotatable bonds is 2. The molecule has 108 valence electrons. The molecule has 0 atom stereocenters. The lowest BCUT2D eigenvalue weighted by Crippen LogP contribution is -2.41. The van der Waals surface area contributed by atoms with Gasteiger partial charge in [0, 0.05) is 9.13 Å².